The molecule has 2 N–H and O–H groups in total. The molecule has 0 amide bonds. The number of hydrogen-bond donors (Lipinski definition) is 1. The predicted octanol–water partition coefficient (Wildman–Crippen LogP) is 4.73. The molecule has 2 aromatic carbocycles. The molecule has 100 valence electrons. The molecule has 0 saturated carbocycles. The standard InChI is InChI=1S/C16H18BrNO/c1-11(2)13-3-5-16(6-4-13)19-10-12-7-14(17)9-15(18)8-12/h3-9,11H,10,18H2,1-2H3. The lowest BCUT2D eigenvalue weighted by atomic mass is 10.0. The number of halogens is 1. The lowest BCUT2D eigenvalue weighted by Crippen LogP contribution is -1.97. The number of benzene rings is 2. The van der Waals surface area contributed by atoms with Crippen LogP contribution in [0.25, 0.3) is 0 Å². The van der Waals surface area contributed by atoms with Gasteiger partial charge >= 0.3 is 0 Å². The third kappa shape index (κ3) is 4.00. The number of hydrogen-bond acceptors (Lipinski definition) is 2. The zero-order chi connectivity index (χ0) is 13.8. The second-order valence-electron chi connectivity index (χ2n) is 4.91. The maximum absolute atomic E-state index is 5.80. The van der Waals surface area contributed by atoms with Crippen LogP contribution in [-0.4, -0.2) is 0 Å². The van der Waals surface area contributed by atoms with Crippen molar-refractivity contribution in [3.05, 3.63) is 58.1 Å². The van der Waals surface area contributed by atoms with E-state index in [0.29, 0.717) is 12.5 Å². The molecule has 0 atom stereocenters. The molecule has 0 bridgehead atoms. The Balaban J connectivity index is 2.02. The molecule has 2 nitrogen and oxygen atoms in total. The Morgan fingerprint density at radius 2 is 1.79 bits per heavy atom. The molecule has 0 unspecified atom stereocenters. The molecule has 2 aromatic rings. The SMILES string of the molecule is CC(C)c1ccc(OCc2cc(N)cc(Br)c2)cc1. The van der Waals surface area contributed by atoms with Gasteiger partial charge in [0.15, 0.2) is 0 Å². The number of nitrogens with two attached hydrogens (primary N) is 1. The lowest BCUT2D eigenvalue weighted by Gasteiger charge is -2.09. The van der Waals surface area contributed by atoms with Gasteiger partial charge in [-0.1, -0.05) is 41.9 Å². The first-order valence-electron chi connectivity index (χ1n) is 6.32. The summed E-state index contributed by atoms with van der Waals surface area (Å²) in [5, 5.41) is 0. The first-order chi connectivity index (χ1) is 9.04. The molecule has 0 aromatic heterocycles. The molecule has 19 heavy (non-hydrogen) atoms. The topological polar surface area (TPSA) is 35.2 Å². The molecule has 0 radical (unpaired) electrons. The highest BCUT2D eigenvalue weighted by atomic mass is 79.9. The number of ether oxygens (including phenoxy) is 1. The smallest absolute Gasteiger partial charge is 0.119 e. The summed E-state index contributed by atoms with van der Waals surface area (Å²) in [5.74, 6) is 1.42. The van der Waals surface area contributed by atoms with Crippen molar-refractivity contribution in [2.75, 3.05) is 5.73 Å². The van der Waals surface area contributed by atoms with Crippen molar-refractivity contribution in [3.8, 4) is 5.75 Å². The van der Waals surface area contributed by atoms with Gasteiger partial charge in [0.1, 0.15) is 12.4 Å². The molecule has 3 heteroatoms. The van der Waals surface area contributed by atoms with Gasteiger partial charge in [-0.2, -0.15) is 0 Å². The first-order valence-corrected chi connectivity index (χ1v) is 7.11. The largest absolute Gasteiger partial charge is 0.489 e. The summed E-state index contributed by atoms with van der Waals surface area (Å²) in [6, 6.07) is 14.0. The van der Waals surface area contributed by atoms with E-state index in [4.69, 9.17) is 10.5 Å². The fraction of sp³-hybridized carbons (Fsp3) is 0.250. The molecule has 0 aliphatic carbocycles. The van der Waals surface area contributed by atoms with Crippen molar-refractivity contribution >= 4 is 21.6 Å². The van der Waals surface area contributed by atoms with Crippen LogP contribution in [0.1, 0.15) is 30.9 Å². The van der Waals surface area contributed by atoms with Gasteiger partial charge in [0, 0.05) is 10.2 Å². The number of anilines is 1. The van der Waals surface area contributed by atoms with Gasteiger partial charge in [0.05, 0.1) is 0 Å². The van der Waals surface area contributed by atoms with Crippen molar-refractivity contribution in [2.45, 2.75) is 26.4 Å². The Morgan fingerprint density at radius 3 is 2.37 bits per heavy atom. The highest BCUT2D eigenvalue weighted by Crippen LogP contribution is 2.21. The Kier molecular flexibility index (Phi) is 4.48. The molecule has 0 fully saturated rings. The summed E-state index contributed by atoms with van der Waals surface area (Å²) in [5.41, 5.74) is 8.91. The average molecular weight is 320 g/mol. The minimum atomic E-state index is 0.519. The van der Waals surface area contributed by atoms with Crippen LogP contribution in [0.5, 0.6) is 5.75 Å². The van der Waals surface area contributed by atoms with E-state index in [1.165, 1.54) is 5.56 Å². The predicted molar refractivity (Wildman–Crippen MR) is 83.4 cm³/mol. The maximum atomic E-state index is 5.80. The molecule has 0 spiro atoms. The number of rotatable bonds is 4. The Labute approximate surface area is 122 Å². The minimum Gasteiger partial charge on any atom is -0.489 e. The third-order valence-corrected chi connectivity index (χ3v) is 3.39. The van der Waals surface area contributed by atoms with E-state index in [1.54, 1.807) is 0 Å². The van der Waals surface area contributed by atoms with Crippen LogP contribution >= 0.6 is 15.9 Å². The summed E-state index contributed by atoms with van der Waals surface area (Å²) in [7, 11) is 0. The maximum Gasteiger partial charge on any atom is 0.119 e. The van der Waals surface area contributed by atoms with Crippen molar-refractivity contribution in [3.63, 3.8) is 0 Å². The normalized spacial score (nSPS) is 10.7. The Hall–Kier alpha value is -1.48. The molecular weight excluding hydrogens is 302 g/mol. The monoisotopic (exact) mass is 319 g/mol. The van der Waals surface area contributed by atoms with Crippen LogP contribution in [0.2, 0.25) is 0 Å². The van der Waals surface area contributed by atoms with E-state index in [1.807, 2.05) is 30.3 Å². The van der Waals surface area contributed by atoms with Crippen LogP contribution in [0.4, 0.5) is 5.69 Å². The third-order valence-electron chi connectivity index (χ3n) is 2.93. The second-order valence-corrected chi connectivity index (χ2v) is 5.82. The molecule has 0 aliphatic rings. The summed E-state index contributed by atoms with van der Waals surface area (Å²) in [6.07, 6.45) is 0. The van der Waals surface area contributed by atoms with Crippen LogP contribution in [0.15, 0.2) is 46.9 Å². The van der Waals surface area contributed by atoms with E-state index >= 15 is 0 Å². The van der Waals surface area contributed by atoms with E-state index in [0.717, 1.165) is 21.5 Å². The molecule has 0 heterocycles. The van der Waals surface area contributed by atoms with Crippen molar-refractivity contribution in [1.82, 2.24) is 0 Å². The molecule has 0 aliphatic heterocycles. The second kappa shape index (κ2) is 6.11. The van der Waals surface area contributed by atoms with Crippen LogP contribution < -0.4 is 10.5 Å². The van der Waals surface area contributed by atoms with Gasteiger partial charge in [-0.05, 0) is 47.4 Å². The van der Waals surface area contributed by atoms with Gasteiger partial charge in [0.25, 0.3) is 0 Å². The first kappa shape index (κ1) is 13.9. The Morgan fingerprint density at radius 1 is 1.11 bits per heavy atom. The van der Waals surface area contributed by atoms with Gasteiger partial charge in [0.2, 0.25) is 0 Å². The summed E-state index contributed by atoms with van der Waals surface area (Å²) in [6.45, 7) is 4.88. The summed E-state index contributed by atoms with van der Waals surface area (Å²) < 4.78 is 6.73. The van der Waals surface area contributed by atoms with Crippen molar-refractivity contribution < 1.29 is 4.74 Å². The fourth-order valence-corrected chi connectivity index (χ4v) is 2.43. The molecule has 0 saturated heterocycles. The van der Waals surface area contributed by atoms with Crippen LogP contribution in [-0.2, 0) is 6.61 Å². The highest BCUT2D eigenvalue weighted by molar-refractivity contribution is 9.10. The van der Waals surface area contributed by atoms with Gasteiger partial charge in [-0.15, -0.1) is 0 Å². The lowest BCUT2D eigenvalue weighted by molar-refractivity contribution is 0.306. The van der Waals surface area contributed by atoms with Crippen molar-refractivity contribution in [2.24, 2.45) is 0 Å². The van der Waals surface area contributed by atoms with E-state index in [2.05, 4.69) is 41.9 Å². The average Bonchev–Trinajstić information content (AvgIpc) is 2.36. The Bertz CT molecular complexity index is 529. The van der Waals surface area contributed by atoms with E-state index in [9.17, 15) is 0 Å². The van der Waals surface area contributed by atoms with E-state index < -0.39 is 0 Å². The van der Waals surface area contributed by atoms with Gasteiger partial charge < -0.3 is 10.5 Å². The van der Waals surface area contributed by atoms with Gasteiger partial charge in [-0.25, -0.2) is 0 Å². The highest BCUT2D eigenvalue weighted by Gasteiger charge is 2.01. The zero-order valence-corrected chi connectivity index (χ0v) is 12.8. The number of nitrogen functional groups attached to an aromatic ring is 1. The van der Waals surface area contributed by atoms with Crippen LogP contribution in [0, 0.1) is 0 Å². The summed E-state index contributed by atoms with van der Waals surface area (Å²) in [4.78, 5) is 0. The fourth-order valence-electron chi connectivity index (χ4n) is 1.87. The summed E-state index contributed by atoms with van der Waals surface area (Å²) >= 11 is 3.43. The zero-order valence-electron chi connectivity index (χ0n) is 11.2. The molecule has 2 rings (SSSR count). The van der Waals surface area contributed by atoms with E-state index in [-0.39, 0.29) is 0 Å². The van der Waals surface area contributed by atoms with Crippen molar-refractivity contribution in [1.29, 1.82) is 0 Å². The van der Waals surface area contributed by atoms with Gasteiger partial charge in [-0.3, -0.25) is 0 Å². The molecular formula is C16H18BrNO. The van der Waals surface area contributed by atoms with Crippen LogP contribution in [0.3, 0.4) is 0 Å². The minimum absolute atomic E-state index is 0.519. The quantitative estimate of drug-likeness (QED) is 0.826.